The second-order valence-electron chi connectivity index (χ2n) is 16.9. The van der Waals surface area contributed by atoms with Crippen molar-refractivity contribution >= 4 is 0 Å². The molecule has 0 fully saturated rings. The molecule has 0 aliphatic heterocycles. The zero-order valence-corrected chi connectivity index (χ0v) is 29.6. The van der Waals surface area contributed by atoms with Gasteiger partial charge in [0.1, 0.15) is 11.5 Å². The molecule has 3 aromatic rings. The average Bonchev–Trinajstić information content (AvgIpc) is 2.82. The summed E-state index contributed by atoms with van der Waals surface area (Å²) >= 11 is 0. The van der Waals surface area contributed by atoms with Crippen molar-refractivity contribution in [2.24, 2.45) is 0 Å². The molecule has 0 spiro atoms. The van der Waals surface area contributed by atoms with Gasteiger partial charge in [0.2, 0.25) is 0 Å². The highest BCUT2D eigenvalue weighted by molar-refractivity contribution is 5.57. The summed E-state index contributed by atoms with van der Waals surface area (Å²) in [7, 11) is 0. The van der Waals surface area contributed by atoms with Crippen LogP contribution in [0.1, 0.15) is 150 Å². The summed E-state index contributed by atoms with van der Waals surface area (Å²) in [5.41, 5.74) is 14.1. The highest BCUT2D eigenvalue weighted by atomic mass is 16.3. The van der Waals surface area contributed by atoms with Gasteiger partial charge >= 0.3 is 0 Å². The second-order valence-corrected chi connectivity index (χ2v) is 16.9. The Morgan fingerprint density at radius 2 is 0.643 bits per heavy atom. The van der Waals surface area contributed by atoms with Crippen LogP contribution < -0.4 is 0 Å². The van der Waals surface area contributed by atoms with Crippen molar-refractivity contribution in [3.63, 3.8) is 0 Å². The first-order valence-electron chi connectivity index (χ1n) is 15.7. The van der Waals surface area contributed by atoms with Crippen LogP contribution in [0, 0.1) is 27.7 Å². The highest BCUT2D eigenvalue weighted by Crippen LogP contribution is 2.42. The Balaban J connectivity index is 2.24. The number of rotatable bonds is 4. The topological polar surface area (TPSA) is 40.5 Å². The first-order valence-corrected chi connectivity index (χ1v) is 15.7. The summed E-state index contributed by atoms with van der Waals surface area (Å²) in [6.07, 6.45) is 1.66. The van der Waals surface area contributed by atoms with Crippen LogP contribution in [0.25, 0.3) is 0 Å². The Bertz CT molecular complexity index is 1310. The van der Waals surface area contributed by atoms with Crippen LogP contribution in [-0.2, 0) is 34.5 Å². The molecule has 0 aliphatic rings. The van der Waals surface area contributed by atoms with E-state index < -0.39 is 0 Å². The Morgan fingerprint density at radius 3 is 0.857 bits per heavy atom. The van der Waals surface area contributed by atoms with Gasteiger partial charge in [0.05, 0.1) is 0 Å². The lowest BCUT2D eigenvalue weighted by Gasteiger charge is -2.29. The molecule has 0 bridgehead atoms. The van der Waals surface area contributed by atoms with Crippen molar-refractivity contribution in [3.05, 3.63) is 91.0 Å². The van der Waals surface area contributed by atoms with Crippen molar-refractivity contribution in [2.75, 3.05) is 0 Å². The normalized spacial score (nSPS) is 13.1. The quantitative estimate of drug-likeness (QED) is 0.327. The molecule has 2 nitrogen and oxygen atoms in total. The smallest absolute Gasteiger partial charge is 0.123 e. The molecule has 0 unspecified atom stereocenters. The molecule has 2 heteroatoms. The molecule has 0 aromatic heterocycles. The molecule has 0 atom stereocenters. The van der Waals surface area contributed by atoms with Gasteiger partial charge in [-0.05, 0) is 129 Å². The molecular formula is C40H58O2. The van der Waals surface area contributed by atoms with Crippen LogP contribution in [0.2, 0.25) is 0 Å². The predicted octanol–water partition coefficient (Wildman–Crippen LogP) is 10.7. The van der Waals surface area contributed by atoms with Gasteiger partial charge in [0.25, 0.3) is 0 Å². The van der Waals surface area contributed by atoms with E-state index in [9.17, 15) is 10.2 Å². The maximum atomic E-state index is 11.3. The SMILES string of the molecule is Cc1c(C)c(Cc2cc(C(C)(C)C)c(O)c(C(C)(C)C)c2)c(C)c(Cc2cc(C(C)(C)C)c(O)c(C(C)(C)C)c2)c1C. The molecule has 0 radical (unpaired) electrons. The third-order valence-electron chi connectivity index (χ3n) is 9.27. The molecule has 0 aliphatic carbocycles. The highest BCUT2D eigenvalue weighted by Gasteiger charge is 2.29. The number of aromatic hydroxyl groups is 2. The van der Waals surface area contributed by atoms with Gasteiger partial charge in [0.15, 0.2) is 0 Å². The summed E-state index contributed by atoms with van der Waals surface area (Å²) in [6.45, 7) is 35.2. The maximum absolute atomic E-state index is 11.3. The van der Waals surface area contributed by atoms with Crippen LogP contribution in [0.15, 0.2) is 24.3 Å². The van der Waals surface area contributed by atoms with Gasteiger partial charge in [0, 0.05) is 0 Å². The van der Waals surface area contributed by atoms with E-state index >= 15 is 0 Å². The van der Waals surface area contributed by atoms with Crippen LogP contribution in [-0.4, -0.2) is 10.2 Å². The van der Waals surface area contributed by atoms with E-state index in [-0.39, 0.29) is 21.7 Å². The third kappa shape index (κ3) is 6.74. The minimum atomic E-state index is -0.160. The van der Waals surface area contributed by atoms with Crippen molar-refractivity contribution in [1.82, 2.24) is 0 Å². The van der Waals surface area contributed by atoms with E-state index in [0.717, 1.165) is 35.1 Å². The predicted molar refractivity (Wildman–Crippen MR) is 182 cm³/mol. The zero-order valence-electron chi connectivity index (χ0n) is 29.6. The van der Waals surface area contributed by atoms with Crippen LogP contribution in [0.5, 0.6) is 11.5 Å². The lowest BCUT2D eigenvalue weighted by Crippen LogP contribution is -2.18. The standard InChI is InChI=1S/C40H58O2/c1-23-24(2)29(17-27-19-31(37(5,6)7)35(41)32(20-27)38(8,9)10)26(4)30(25(23)3)18-28-21-33(39(11,12)13)36(42)34(22-28)40(14,15)16/h19-22,41-42H,17-18H2,1-16H3. The van der Waals surface area contributed by atoms with Crippen molar-refractivity contribution in [2.45, 2.75) is 145 Å². The lowest BCUT2D eigenvalue weighted by atomic mass is 9.76. The van der Waals surface area contributed by atoms with Crippen LogP contribution in [0.3, 0.4) is 0 Å². The minimum absolute atomic E-state index is 0.160. The minimum Gasteiger partial charge on any atom is -0.507 e. The van der Waals surface area contributed by atoms with Gasteiger partial charge in [-0.3, -0.25) is 0 Å². The Morgan fingerprint density at radius 1 is 0.405 bits per heavy atom. The zero-order chi connectivity index (χ0) is 32.3. The molecule has 3 rings (SSSR count). The van der Waals surface area contributed by atoms with Crippen molar-refractivity contribution in [1.29, 1.82) is 0 Å². The summed E-state index contributed by atoms with van der Waals surface area (Å²) < 4.78 is 0. The maximum Gasteiger partial charge on any atom is 0.123 e. The third-order valence-corrected chi connectivity index (χ3v) is 9.27. The van der Waals surface area contributed by atoms with Gasteiger partial charge in [-0.1, -0.05) is 107 Å². The molecule has 0 saturated carbocycles. The van der Waals surface area contributed by atoms with Crippen molar-refractivity contribution in [3.8, 4) is 11.5 Å². The van der Waals surface area contributed by atoms with Crippen LogP contribution in [0.4, 0.5) is 0 Å². The molecule has 2 N–H and O–H groups in total. The average molecular weight is 571 g/mol. The molecule has 3 aromatic carbocycles. The Kier molecular flexibility index (Phi) is 8.90. The number of hydrogen-bond donors (Lipinski definition) is 2. The fraction of sp³-hybridized carbons (Fsp3) is 0.550. The number of benzene rings is 3. The van der Waals surface area contributed by atoms with Gasteiger partial charge in [-0.25, -0.2) is 0 Å². The molecule has 0 amide bonds. The lowest BCUT2D eigenvalue weighted by molar-refractivity contribution is 0.422. The van der Waals surface area contributed by atoms with E-state index in [1.54, 1.807) is 0 Å². The van der Waals surface area contributed by atoms with E-state index in [1.807, 2.05) is 0 Å². The Labute approximate surface area is 257 Å². The summed E-state index contributed by atoms with van der Waals surface area (Å²) in [4.78, 5) is 0. The molecule has 230 valence electrons. The Hall–Kier alpha value is -2.74. The fourth-order valence-electron chi connectivity index (χ4n) is 6.30. The van der Waals surface area contributed by atoms with Gasteiger partial charge in [-0.2, -0.15) is 0 Å². The fourth-order valence-corrected chi connectivity index (χ4v) is 6.30. The van der Waals surface area contributed by atoms with E-state index in [2.05, 4.69) is 135 Å². The summed E-state index contributed by atoms with van der Waals surface area (Å²) in [6, 6.07) is 8.90. The summed E-state index contributed by atoms with van der Waals surface area (Å²) in [5, 5.41) is 22.6. The van der Waals surface area contributed by atoms with E-state index in [1.165, 1.54) is 44.5 Å². The first kappa shape index (κ1) is 33.8. The molecule has 0 saturated heterocycles. The van der Waals surface area contributed by atoms with E-state index in [0.29, 0.717) is 11.5 Å². The number of hydrogen-bond acceptors (Lipinski definition) is 2. The first-order chi connectivity index (χ1) is 18.9. The van der Waals surface area contributed by atoms with Gasteiger partial charge in [-0.15, -0.1) is 0 Å². The second kappa shape index (κ2) is 11.1. The molecular weight excluding hydrogens is 512 g/mol. The van der Waals surface area contributed by atoms with Gasteiger partial charge < -0.3 is 10.2 Å². The largest absolute Gasteiger partial charge is 0.507 e. The van der Waals surface area contributed by atoms with Crippen LogP contribution >= 0.6 is 0 Å². The molecule has 0 heterocycles. The monoisotopic (exact) mass is 570 g/mol. The number of phenols is 2. The number of phenolic OH excluding ortho intramolecular Hbond substituents is 2. The molecule has 42 heavy (non-hydrogen) atoms. The summed E-state index contributed by atoms with van der Waals surface area (Å²) in [5.74, 6) is 0.870. The van der Waals surface area contributed by atoms with E-state index in [4.69, 9.17) is 0 Å². The van der Waals surface area contributed by atoms with Crippen molar-refractivity contribution < 1.29 is 10.2 Å².